The van der Waals surface area contributed by atoms with Crippen molar-refractivity contribution >= 4 is 29.5 Å². The van der Waals surface area contributed by atoms with Crippen LogP contribution in [0, 0.1) is 23.7 Å². The lowest BCUT2D eigenvalue weighted by Crippen LogP contribution is -2.56. The summed E-state index contributed by atoms with van der Waals surface area (Å²) < 4.78 is 29.2. The Hall–Kier alpha value is -4.99. The predicted octanol–water partition coefficient (Wildman–Crippen LogP) is 6.99. The number of hydrogen-bond donors (Lipinski definition) is 2. The summed E-state index contributed by atoms with van der Waals surface area (Å²) in [4.78, 5) is 71.6. The Balaban J connectivity index is 1.06. The monoisotopic (exact) mass is 969 g/mol. The first-order valence-corrected chi connectivity index (χ1v) is 25.4. The van der Waals surface area contributed by atoms with Crippen molar-refractivity contribution in [1.29, 1.82) is 0 Å². The van der Waals surface area contributed by atoms with Crippen molar-refractivity contribution in [3.63, 3.8) is 0 Å². The van der Waals surface area contributed by atoms with Gasteiger partial charge in [0.25, 0.3) is 0 Å². The minimum Gasteiger partial charge on any atom is -0.465 e. The molecule has 3 amide bonds. The second kappa shape index (κ2) is 28.2. The fourth-order valence-electron chi connectivity index (χ4n) is 10.2. The topological polar surface area (TPSA) is 176 Å². The molecule has 1 heterocycles. The number of rotatable bonds is 30. The van der Waals surface area contributed by atoms with E-state index in [1.54, 1.807) is 26.2 Å². The van der Waals surface area contributed by atoms with Gasteiger partial charge in [-0.2, -0.15) is 0 Å². The van der Waals surface area contributed by atoms with Crippen LogP contribution in [0.15, 0.2) is 78.9 Å². The third-order valence-electron chi connectivity index (χ3n) is 14.5. The number of esters is 1. The maximum Gasteiger partial charge on any atom is 0.305 e. The Kier molecular flexibility index (Phi) is 22.5. The minimum atomic E-state index is -0.673. The number of benzene rings is 3. The Morgan fingerprint density at radius 2 is 1.44 bits per heavy atom. The first-order chi connectivity index (χ1) is 33.7. The summed E-state index contributed by atoms with van der Waals surface area (Å²) in [5.74, 6) is -2.17. The van der Waals surface area contributed by atoms with Crippen molar-refractivity contribution < 1.29 is 47.7 Å². The van der Waals surface area contributed by atoms with Gasteiger partial charge >= 0.3 is 5.97 Å². The molecule has 3 aromatic rings. The van der Waals surface area contributed by atoms with Crippen molar-refractivity contribution in [1.82, 2.24) is 15.1 Å². The van der Waals surface area contributed by atoms with E-state index >= 15 is 0 Å². The van der Waals surface area contributed by atoms with Crippen LogP contribution in [0.3, 0.4) is 0 Å². The minimum absolute atomic E-state index is 0.00559. The van der Waals surface area contributed by atoms with Gasteiger partial charge in [0, 0.05) is 71.6 Å². The second-order valence-corrected chi connectivity index (χ2v) is 19.4. The van der Waals surface area contributed by atoms with Crippen LogP contribution in [0.1, 0.15) is 102 Å². The molecule has 1 aliphatic heterocycles. The molecule has 0 spiro atoms. The highest BCUT2D eigenvalue weighted by atomic mass is 16.5. The van der Waals surface area contributed by atoms with Gasteiger partial charge in [-0.1, -0.05) is 120 Å². The van der Waals surface area contributed by atoms with Gasteiger partial charge in [0.1, 0.15) is 12.4 Å². The summed E-state index contributed by atoms with van der Waals surface area (Å²) in [6.45, 7) is 12.1. The number of methoxy groups -OCH3 is 2. The van der Waals surface area contributed by atoms with Gasteiger partial charge in [0.15, 0.2) is 0 Å². The zero-order valence-electron chi connectivity index (χ0n) is 42.9. The van der Waals surface area contributed by atoms with E-state index in [1.807, 2.05) is 80.3 Å². The lowest BCUT2D eigenvalue weighted by Gasteiger charge is -2.40. The Morgan fingerprint density at radius 1 is 0.814 bits per heavy atom. The molecule has 0 unspecified atom stereocenters. The molecule has 1 fully saturated rings. The lowest BCUT2D eigenvalue weighted by atomic mass is 9.85. The third-order valence-corrected chi connectivity index (χ3v) is 14.5. The van der Waals surface area contributed by atoms with Gasteiger partial charge in [0.2, 0.25) is 17.7 Å². The van der Waals surface area contributed by atoms with Crippen molar-refractivity contribution in [3.8, 4) is 11.1 Å². The van der Waals surface area contributed by atoms with E-state index in [9.17, 15) is 24.0 Å². The summed E-state index contributed by atoms with van der Waals surface area (Å²) in [6.07, 6.45) is 2.22. The first-order valence-electron chi connectivity index (χ1n) is 25.4. The van der Waals surface area contributed by atoms with Crippen LogP contribution in [0.5, 0.6) is 0 Å². The number of likely N-dealkylation sites (tertiary alicyclic amines) is 1. The zero-order chi connectivity index (χ0) is 50.7. The molecule has 5 rings (SSSR count). The van der Waals surface area contributed by atoms with E-state index in [-0.39, 0.29) is 91.7 Å². The summed E-state index contributed by atoms with van der Waals surface area (Å²) in [5, 5.41) is 2.97. The standard InChI is InChI=1S/C56H80N4O10/c1-9-38(4)53(59(6)56(65)52(57)37(2)3)49(66-7)35-50(62)60-28-17-25-47(60)54(67-8)39(5)48(61)34-41(33-40-19-11-10-12-20-40)55(64)58-27-30-69-32-31-68-29-18-26-51(63)70-36-46-44-23-15-13-21-42(44)43-22-14-16-24-45(43)46/h10-16,19-24,37-39,41,46-47,49,52-54H,9,17-18,25-36,57H2,1-8H3,(H,58,64)/t38-,39-,41+,47-,49+,52-,53-,54+/m0/s1. The molecule has 0 radical (unpaired) electrons. The number of fused-ring (bicyclic) bond motifs is 3. The van der Waals surface area contributed by atoms with Crippen molar-refractivity contribution in [2.75, 3.05) is 67.4 Å². The van der Waals surface area contributed by atoms with E-state index in [1.165, 1.54) is 22.3 Å². The molecular weight excluding hydrogens is 889 g/mol. The van der Waals surface area contributed by atoms with E-state index in [4.69, 9.17) is 29.4 Å². The van der Waals surface area contributed by atoms with Crippen LogP contribution in [-0.4, -0.2) is 137 Å². The number of nitrogens with zero attached hydrogens (tertiary/aromatic N) is 2. The Labute approximate surface area is 416 Å². The molecule has 3 aromatic carbocycles. The summed E-state index contributed by atoms with van der Waals surface area (Å²) in [5.41, 5.74) is 12.0. The Bertz CT molecular complexity index is 2090. The van der Waals surface area contributed by atoms with Gasteiger partial charge in [-0.25, -0.2) is 0 Å². The van der Waals surface area contributed by atoms with Crippen LogP contribution in [0.25, 0.3) is 11.1 Å². The van der Waals surface area contributed by atoms with Crippen LogP contribution in [0.2, 0.25) is 0 Å². The quantitative estimate of drug-likeness (QED) is 0.0520. The molecule has 3 N–H and O–H groups in total. The summed E-state index contributed by atoms with van der Waals surface area (Å²) in [7, 11) is 4.88. The normalized spacial score (nSPS) is 17.5. The molecule has 14 nitrogen and oxygen atoms in total. The fraction of sp³-hybridized carbons (Fsp3) is 0.589. The molecule has 70 heavy (non-hydrogen) atoms. The largest absolute Gasteiger partial charge is 0.465 e. The number of ether oxygens (including phenoxy) is 5. The molecule has 0 saturated carbocycles. The maximum atomic E-state index is 14.2. The van der Waals surface area contributed by atoms with E-state index in [0.29, 0.717) is 52.2 Å². The number of amides is 3. The highest BCUT2D eigenvalue weighted by Crippen LogP contribution is 2.44. The van der Waals surface area contributed by atoms with E-state index < -0.39 is 30.1 Å². The zero-order valence-corrected chi connectivity index (χ0v) is 42.9. The fourth-order valence-corrected chi connectivity index (χ4v) is 10.2. The first kappa shape index (κ1) is 55.9. The molecule has 0 bridgehead atoms. The number of nitrogens with two attached hydrogens (primary N) is 1. The van der Waals surface area contributed by atoms with Crippen molar-refractivity contribution in [2.24, 2.45) is 29.4 Å². The summed E-state index contributed by atoms with van der Waals surface area (Å²) >= 11 is 0. The second-order valence-electron chi connectivity index (χ2n) is 19.4. The van der Waals surface area contributed by atoms with Crippen molar-refractivity contribution in [3.05, 3.63) is 95.6 Å². The van der Waals surface area contributed by atoms with Gasteiger partial charge in [-0.15, -0.1) is 0 Å². The van der Waals surface area contributed by atoms with Gasteiger partial charge in [-0.05, 0) is 65.3 Å². The molecule has 1 saturated heterocycles. The third kappa shape index (κ3) is 15.0. The average Bonchev–Trinajstić information content (AvgIpc) is 3.98. The molecule has 8 atom stereocenters. The molecule has 2 aliphatic rings. The van der Waals surface area contributed by atoms with Crippen LogP contribution < -0.4 is 11.1 Å². The van der Waals surface area contributed by atoms with Gasteiger partial charge in [0.05, 0.1) is 56.6 Å². The summed E-state index contributed by atoms with van der Waals surface area (Å²) in [6, 6.07) is 24.7. The van der Waals surface area contributed by atoms with E-state index in [2.05, 4.69) is 43.4 Å². The number of likely N-dealkylation sites (N-methyl/N-ethyl adjacent to an activating group) is 1. The molecule has 14 heteroatoms. The van der Waals surface area contributed by atoms with Crippen LogP contribution in [-0.2, 0) is 54.1 Å². The van der Waals surface area contributed by atoms with Gasteiger partial charge in [-0.3, -0.25) is 24.0 Å². The molecule has 1 aliphatic carbocycles. The molecule has 0 aromatic heterocycles. The number of ketones is 1. The van der Waals surface area contributed by atoms with Crippen molar-refractivity contribution in [2.45, 2.75) is 122 Å². The predicted molar refractivity (Wildman–Crippen MR) is 271 cm³/mol. The lowest BCUT2D eigenvalue weighted by molar-refractivity contribution is -0.146. The van der Waals surface area contributed by atoms with Gasteiger partial charge < -0.3 is 44.5 Å². The Morgan fingerprint density at radius 3 is 2.06 bits per heavy atom. The number of carbonyl (C=O) groups excluding carboxylic acids is 5. The highest BCUT2D eigenvalue weighted by molar-refractivity contribution is 5.89. The number of hydrogen-bond acceptors (Lipinski definition) is 11. The smallest absolute Gasteiger partial charge is 0.305 e. The average molecular weight is 969 g/mol. The van der Waals surface area contributed by atoms with Crippen LogP contribution in [0.4, 0.5) is 0 Å². The SMILES string of the molecule is CC[C@H](C)[C@@H]([C@@H](CC(=O)N1CCC[C@H]1[C@H](OC)[C@@H](C)C(=O)C[C@@H](Cc1ccccc1)C(=O)NCCOCCOCCCC(=O)OCC1c2ccccc2-c2ccccc21)OC)N(C)C(=O)[C@@H](N)C(C)C. The highest BCUT2D eigenvalue weighted by Gasteiger charge is 2.43. The maximum absolute atomic E-state index is 14.2. The number of nitrogens with one attached hydrogen (secondary N) is 1. The number of carbonyl (C=O) groups is 5. The molecule has 384 valence electrons. The number of Topliss-reactive ketones (excluding diaryl/α,β-unsaturated/α-hetero) is 1. The van der Waals surface area contributed by atoms with Crippen LogP contribution >= 0.6 is 0 Å². The van der Waals surface area contributed by atoms with E-state index in [0.717, 1.165) is 18.4 Å². The molecular formula is C56H80N4O10.